The predicted molar refractivity (Wildman–Crippen MR) is 128 cm³/mol. The molecule has 3 aromatic rings. The molecule has 1 aromatic carbocycles. The van der Waals surface area contributed by atoms with Gasteiger partial charge < -0.3 is 14.6 Å². The minimum Gasteiger partial charge on any atom is -0.491 e. The number of nitriles is 2. The van der Waals surface area contributed by atoms with Gasteiger partial charge in [-0.15, -0.1) is 11.3 Å². The summed E-state index contributed by atoms with van der Waals surface area (Å²) in [5.74, 6) is 0.431. The molecule has 1 saturated heterocycles. The average Bonchev–Trinajstić information content (AvgIpc) is 3.51. The Morgan fingerprint density at radius 3 is 2.49 bits per heavy atom. The van der Waals surface area contributed by atoms with E-state index < -0.39 is 5.91 Å². The summed E-state index contributed by atoms with van der Waals surface area (Å²) in [7, 11) is 0. The fraction of sp³-hybridized carbons (Fsp3) is 0.333. The Kier molecular flexibility index (Phi) is 7.09. The van der Waals surface area contributed by atoms with E-state index in [1.807, 2.05) is 36.9 Å². The number of nitrogens with zero attached hydrogens (tertiary/aromatic N) is 5. The van der Waals surface area contributed by atoms with Crippen molar-refractivity contribution in [3.8, 4) is 17.9 Å². The second-order valence-electron chi connectivity index (χ2n) is 8.32. The van der Waals surface area contributed by atoms with E-state index in [4.69, 9.17) is 15.3 Å². The molecule has 0 bridgehead atoms. The van der Waals surface area contributed by atoms with E-state index in [-0.39, 0.29) is 41.0 Å². The Morgan fingerprint density at radius 1 is 1.17 bits per heavy atom. The van der Waals surface area contributed by atoms with Crippen LogP contribution in [0.1, 0.15) is 69.8 Å². The lowest BCUT2D eigenvalue weighted by Crippen LogP contribution is -2.37. The number of carbonyl (C=O) groups excluding carboxylic acids is 2. The number of carbonyl (C=O) groups is 2. The number of rotatable bonds is 6. The van der Waals surface area contributed by atoms with Crippen molar-refractivity contribution in [3.63, 3.8) is 0 Å². The van der Waals surface area contributed by atoms with Crippen LogP contribution < -0.4 is 10.1 Å². The van der Waals surface area contributed by atoms with Crippen LogP contribution in [-0.4, -0.2) is 50.9 Å². The van der Waals surface area contributed by atoms with E-state index in [1.54, 1.807) is 23.6 Å². The monoisotopic (exact) mass is 489 g/mol. The normalized spacial score (nSPS) is 13.8. The van der Waals surface area contributed by atoms with Gasteiger partial charge >= 0.3 is 0 Å². The fourth-order valence-electron chi connectivity index (χ4n) is 3.81. The first kappa shape index (κ1) is 23.9. The zero-order valence-corrected chi connectivity index (χ0v) is 20.1. The molecule has 0 aliphatic carbocycles. The molecule has 4 rings (SSSR count). The molecule has 2 aromatic heterocycles. The number of nitrogens with one attached hydrogen (secondary N) is 2. The molecule has 0 spiro atoms. The standard InChI is InChI=1S/C24H23N7O3S/c1-14(2)34-17-5-3-16(4-6-17)23(33)31-9-7-15(8-10-31)22-27-20(13-35-22)21(32)30-24-28-18(11-25)19(12-26)29-24/h3-6,13-15H,7-10H2,1-2H3,(H2,28,29,30,32). The van der Waals surface area contributed by atoms with Crippen molar-refractivity contribution >= 4 is 29.1 Å². The smallest absolute Gasteiger partial charge is 0.277 e. The zero-order valence-electron chi connectivity index (χ0n) is 19.2. The van der Waals surface area contributed by atoms with Crippen molar-refractivity contribution in [2.24, 2.45) is 0 Å². The van der Waals surface area contributed by atoms with Crippen LogP contribution in [-0.2, 0) is 0 Å². The topological polar surface area (TPSA) is 148 Å². The predicted octanol–water partition coefficient (Wildman–Crippen LogP) is 3.67. The maximum Gasteiger partial charge on any atom is 0.277 e. The first-order chi connectivity index (χ1) is 16.9. The quantitative estimate of drug-likeness (QED) is 0.537. The van der Waals surface area contributed by atoms with E-state index in [0.29, 0.717) is 18.7 Å². The summed E-state index contributed by atoms with van der Waals surface area (Å²) in [4.78, 5) is 38.2. The average molecular weight is 490 g/mol. The van der Waals surface area contributed by atoms with E-state index in [1.165, 1.54) is 11.3 Å². The van der Waals surface area contributed by atoms with Gasteiger partial charge in [0.2, 0.25) is 5.95 Å². The maximum absolute atomic E-state index is 12.9. The van der Waals surface area contributed by atoms with Gasteiger partial charge in [0, 0.05) is 30.0 Å². The van der Waals surface area contributed by atoms with E-state index in [0.717, 1.165) is 23.6 Å². The molecule has 35 heavy (non-hydrogen) atoms. The Labute approximate surface area is 206 Å². The number of piperidine rings is 1. The van der Waals surface area contributed by atoms with Crippen molar-refractivity contribution in [1.29, 1.82) is 10.5 Å². The highest BCUT2D eigenvalue weighted by Gasteiger charge is 2.27. The number of ether oxygens (including phenoxy) is 1. The zero-order chi connectivity index (χ0) is 24.9. The fourth-order valence-corrected chi connectivity index (χ4v) is 4.78. The van der Waals surface area contributed by atoms with Crippen LogP contribution >= 0.6 is 11.3 Å². The third-order valence-corrected chi connectivity index (χ3v) is 6.52. The number of anilines is 1. The molecule has 0 saturated carbocycles. The number of amides is 2. The largest absolute Gasteiger partial charge is 0.491 e. The van der Waals surface area contributed by atoms with Crippen molar-refractivity contribution in [2.75, 3.05) is 18.4 Å². The molecule has 10 nitrogen and oxygen atoms in total. The lowest BCUT2D eigenvalue weighted by molar-refractivity contribution is 0.0713. The summed E-state index contributed by atoms with van der Waals surface area (Å²) in [5.41, 5.74) is 0.774. The van der Waals surface area contributed by atoms with Crippen LogP contribution in [0.2, 0.25) is 0 Å². The molecule has 2 N–H and O–H groups in total. The molecular weight excluding hydrogens is 466 g/mol. The number of H-pyrrole nitrogens is 1. The van der Waals surface area contributed by atoms with Crippen LogP contribution in [0.15, 0.2) is 29.6 Å². The van der Waals surface area contributed by atoms with Gasteiger partial charge in [-0.3, -0.25) is 14.9 Å². The molecule has 0 radical (unpaired) electrons. The van der Waals surface area contributed by atoms with Gasteiger partial charge in [0.1, 0.15) is 23.6 Å². The number of benzene rings is 1. The van der Waals surface area contributed by atoms with Crippen molar-refractivity contribution in [1.82, 2.24) is 19.9 Å². The van der Waals surface area contributed by atoms with Crippen molar-refractivity contribution < 1.29 is 14.3 Å². The summed E-state index contributed by atoms with van der Waals surface area (Å²) in [6.07, 6.45) is 1.58. The maximum atomic E-state index is 12.9. The lowest BCUT2D eigenvalue weighted by atomic mass is 9.97. The first-order valence-electron chi connectivity index (χ1n) is 11.1. The third kappa shape index (κ3) is 5.48. The summed E-state index contributed by atoms with van der Waals surface area (Å²) in [6.45, 7) is 5.12. The van der Waals surface area contributed by atoms with E-state index in [2.05, 4.69) is 20.3 Å². The Bertz CT molecular complexity index is 1270. The molecule has 1 aliphatic heterocycles. The Balaban J connectivity index is 1.33. The summed E-state index contributed by atoms with van der Waals surface area (Å²) >= 11 is 1.40. The summed E-state index contributed by atoms with van der Waals surface area (Å²) in [6, 6.07) is 10.8. The second-order valence-corrected chi connectivity index (χ2v) is 9.20. The Hall–Kier alpha value is -4.22. The number of hydrogen-bond donors (Lipinski definition) is 2. The molecule has 0 atom stereocenters. The number of hydrogen-bond acceptors (Lipinski definition) is 8. The molecular formula is C24H23N7O3S. The number of aromatic amines is 1. The SMILES string of the molecule is CC(C)Oc1ccc(C(=O)N2CCC(c3nc(C(=O)Nc4nc(C#N)c(C#N)[nH]4)cs3)CC2)cc1. The minimum absolute atomic E-state index is 0.00863. The number of likely N-dealkylation sites (tertiary alicyclic amines) is 1. The van der Waals surface area contributed by atoms with Crippen LogP contribution in [0.5, 0.6) is 5.75 Å². The van der Waals surface area contributed by atoms with E-state index in [9.17, 15) is 9.59 Å². The Morgan fingerprint density at radius 2 is 1.89 bits per heavy atom. The van der Waals surface area contributed by atoms with Gasteiger partial charge in [0.15, 0.2) is 11.4 Å². The number of imidazole rings is 1. The van der Waals surface area contributed by atoms with E-state index >= 15 is 0 Å². The molecule has 178 valence electrons. The van der Waals surface area contributed by atoms with Crippen LogP contribution in [0.25, 0.3) is 0 Å². The van der Waals surface area contributed by atoms with Gasteiger partial charge in [-0.1, -0.05) is 0 Å². The first-order valence-corrected chi connectivity index (χ1v) is 12.0. The molecule has 2 amide bonds. The van der Waals surface area contributed by atoms with Crippen molar-refractivity contribution in [2.45, 2.75) is 38.7 Å². The second kappa shape index (κ2) is 10.4. The third-order valence-electron chi connectivity index (χ3n) is 5.51. The van der Waals surface area contributed by atoms with Crippen LogP contribution in [0, 0.1) is 22.7 Å². The minimum atomic E-state index is -0.479. The van der Waals surface area contributed by atoms with Gasteiger partial charge in [-0.05, 0) is 51.0 Å². The van der Waals surface area contributed by atoms with Crippen LogP contribution in [0.3, 0.4) is 0 Å². The van der Waals surface area contributed by atoms with Crippen molar-refractivity contribution in [3.05, 3.63) is 57.3 Å². The molecule has 1 aliphatic rings. The molecule has 3 heterocycles. The number of thiazole rings is 1. The van der Waals surface area contributed by atoms with Gasteiger partial charge in [-0.2, -0.15) is 10.5 Å². The highest BCUT2D eigenvalue weighted by atomic mass is 32.1. The highest BCUT2D eigenvalue weighted by Crippen LogP contribution is 2.31. The molecule has 0 unspecified atom stereocenters. The van der Waals surface area contributed by atoms with Gasteiger partial charge in [0.25, 0.3) is 11.8 Å². The van der Waals surface area contributed by atoms with Crippen LogP contribution in [0.4, 0.5) is 5.95 Å². The highest BCUT2D eigenvalue weighted by molar-refractivity contribution is 7.10. The lowest BCUT2D eigenvalue weighted by Gasteiger charge is -2.31. The van der Waals surface area contributed by atoms with Gasteiger partial charge in [0.05, 0.1) is 11.1 Å². The molecule has 11 heteroatoms. The summed E-state index contributed by atoms with van der Waals surface area (Å²) < 4.78 is 5.64. The number of aromatic nitrogens is 3. The van der Waals surface area contributed by atoms with Gasteiger partial charge in [-0.25, -0.2) is 9.97 Å². The summed E-state index contributed by atoms with van der Waals surface area (Å²) in [5, 5.41) is 23.0. The molecule has 1 fully saturated rings.